The van der Waals surface area contributed by atoms with Crippen LogP contribution in [0.4, 0.5) is 0 Å². The van der Waals surface area contributed by atoms with Crippen molar-refractivity contribution in [2.24, 2.45) is 0 Å². The van der Waals surface area contributed by atoms with Crippen LogP contribution in [0.1, 0.15) is 31.2 Å². The van der Waals surface area contributed by atoms with Gasteiger partial charge in [0.2, 0.25) is 11.6 Å². The molecule has 0 saturated carbocycles. The van der Waals surface area contributed by atoms with E-state index in [0.717, 1.165) is 5.56 Å². The number of esters is 1. The highest BCUT2D eigenvalue weighted by Crippen LogP contribution is 2.50. The van der Waals surface area contributed by atoms with Gasteiger partial charge in [-0.05, 0) is 18.4 Å². The molecule has 1 aromatic rings. The topological polar surface area (TPSA) is 89.5 Å². The van der Waals surface area contributed by atoms with Gasteiger partial charge in [-0.15, -0.1) is 0 Å². The average molecular weight is 418 g/mol. The molecule has 162 valence electrons. The molecule has 0 aromatic heterocycles. The molecule has 4 saturated heterocycles. The first kappa shape index (κ1) is 20.1. The molecule has 4 aliphatic heterocycles. The van der Waals surface area contributed by atoms with Gasteiger partial charge in [-0.1, -0.05) is 30.3 Å². The number of rotatable bonds is 7. The van der Waals surface area contributed by atoms with Gasteiger partial charge >= 0.3 is 5.97 Å². The molecule has 7 atom stereocenters. The first-order valence-electron chi connectivity index (χ1n) is 10.5. The number of fused-ring (bicyclic) bond motifs is 3. The minimum Gasteiger partial charge on any atom is -0.469 e. The molecule has 4 heterocycles. The highest BCUT2D eigenvalue weighted by atomic mass is 16.8. The number of ketones is 1. The Morgan fingerprint density at radius 3 is 2.70 bits per heavy atom. The van der Waals surface area contributed by atoms with Crippen LogP contribution in [0.15, 0.2) is 30.3 Å². The van der Waals surface area contributed by atoms with E-state index in [2.05, 4.69) is 0 Å². The largest absolute Gasteiger partial charge is 0.469 e. The van der Waals surface area contributed by atoms with E-state index in [1.54, 1.807) is 0 Å². The summed E-state index contributed by atoms with van der Waals surface area (Å²) in [6.45, 7) is 0.785. The summed E-state index contributed by atoms with van der Waals surface area (Å²) in [6, 6.07) is 9.84. The van der Waals surface area contributed by atoms with Crippen LogP contribution >= 0.6 is 0 Å². The lowest BCUT2D eigenvalue weighted by atomic mass is 9.85. The molecule has 4 aliphatic rings. The van der Waals surface area contributed by atoms with Gasteiger partial charge in [0, 0.05) is 6.42 Å². The molecule has 5 rings (SSSR count). The zero-order chi connectivity index (χ0) is 20.7. The lowest BCUT2D eigenvalue weighted by molar-refractivity contribution is -0.255. The summed E-state index contributed by atoms with van der Waals surface area (Å²) >= 11 is 0. The van der Waals surface area contributed by atoms with Gasteiger partial charge in [0.1, 0.15) is 18.3 Å². The van der Waals surface area contributed by atoms with Crippen LogP contribution in [0.2, 0.25) is 0 Å². The van der Waals surface area contributed by atoms with Crippen molar-refractivity contribution < 1.29 is 38.0 Å². The van der Waals surface area contributed by atoms with E-state index in [4.69, 9.17) is 28.4 Å². The van der Waals surface area contributed by atoms with Crippen LogP contribution in [0.25, 0.3) is 0 Å². The molecule has 2 bridgehead atoms. The van der Waals surface area contributed by atoms with Gasteiger partial charge in [0.05, 0.1) is 39.0 Å². The normalized spacial score (nSPS) is 39.0. The summed E-state index contributed by atoms with van der Waals surface area (Å²) in [7, 11) is 1.37. The van der Waals surface area contributed by atoms with Crippen LogP contribution < -0.4 is 0 Å². The van der Waals surface area contributed by atoms with Gasteiger partial charge in [0.25, 0.3) is 0 Å². The molecule has 8 nitrogen and oxygen atoms in total. The summed E-state index contributed by atoms with van der Waals surface area (Å²) in [5.41, 5.74) is 1.06. The molecule has 0 amide bonds. The maximum atomic E-state index is 13.0. The molecule has 1 unspecified atom stereocenters. The first-order valence-corrected chi connectivity index (χ1v) is 10.5. The van der Waals surface area contributed by atoms with Gasteiger partial charge in [0.15, 0.2) is 6.10 Å². The van der Waals surface area contributed by atoms with Gasteiger partial charge in [-0.25, -0.2) is 0 Å². The standard InChI is InChI=1S/C22H26O8/c1-25-16(23)11-14-7-8-15-17(27-14)18-19-20(28-15)21(24)22(29-18,30-19)9-10-26-12-13-5-3-2-4-6-13/h2-6,14-15,17-20H,7-12H2,1H3/t14?,15-,17-,18-,19-,20+,22-/m0/s1. The number of hydrogen-bond donors (Lipinski definition) is 0. The third kappa shape index (κ3) is 3.46. The minimum absolute atomic E-state index is 0.165. The lowest BCUT2D eigenvalue weighted by Crippen LogP contribution is -2.64. The maximum Gasteiger partial charge on any atom is 0.308 e. The van der Waals surface area contributed by atoms with E-state index in [0.29, 0.717) is 32.5 Å². The Kier molecular flexibility index (Phi) is 5.37. The third-order valence-corrected chi connectivity index (χ3v) is 6.35. The molecule has 8 heteroatoms. The van der Waals surface area contributed by atoms with Crippen molar-refractivity contribution >= 4 is 11.8 Å². The number of benzene rings is 1. The maximum absolute atomic E-state index is 13.0. The number of methoxy groups -OCH3 is 1. The van der Waals surface area contributed by atoms with Crippen LogP contribution in [-0.4, -0.2) is 67.9 Å². The van der Waals surface area contributed by atoms with Crippen molar-refractivity contribution in [1.29, 1.82) is 0 Å². The third-order valence-electron chi connectivity index (χ3n) is 6.35. The molecular weight excluding hydrogens is 392 g/mol. The van der Waals surface area contributed by atoms with E-state index < -0.39 is 18.0 Å². The smallest absolute Gasteiger partial charge is 0.308 e. The van der Waals surface area contributed by atoms with E-state index in [-0.39, 0.29) is 42.6 Å². The fourth-order valence-electron chi connectivity index (χ4n) is 4.86. The van der Waals surface area contributed by atoms with E-state index in [1.807, 2.05) is 30.3 Å². The molecule has 0 radical (unpaired) electrons. The second kappa shape index (κ2) is 8.01. The van der Waals surface area contributed by atoms with Crippen LogP contribution in [0.5, 0.6) is 0 Å². The Morgan fingerprint density at radius 1 is 1.10 bits per heavy atom. The molecule has 0 N–H and O–H groups in total. The highest BCUT2D eigenvalue weighted by Gasteiger charge is 2.70. The zero-order valence-electron chi connectivity index (χ0n) is 16.9. The van der Waals surface area contributed by atoms with Crippen molar-refractivity contribution in [1.82, 2.24) is 0 Å². The van der Waals surface area contributed by atoms with Crippen LogP contribution in [0.3, 0.4) is 0 Å². The van der Waals surface area contributed by atoms with Crippen molar-refractivity contribution in [3.63, 3.8) is 0 Å². The van der Waals surface area contributed by atoms with E-state index in [1.165, 1.54) is 7.11 Å². The monoisotopic (exact) mass is 418 g/mol. The molecule has 0 aliphatic carbocycles. The Hall–Kier alpha value is -1.84. The predicted octanol–water partition coefficient (Wildman–Crippen LogP) is 1.53. The van der Waals surface area contributed by atoms with Crippen molar-refractivity contribution in [2.75, 3.05) is 13.7 Å². The number of carbonyl (C=O) groups excluding carboxylic acids is 2. The van der Waals surface area contributed by atoms with Gasteiger partial charge in [-0.2, -0.15) is 0 Å². The lowest BCUT2D eigenvalue weighted by Gasteiger charge is -2.47. The molecule has 30 heavy (non-hydrogen) atoms. The summed E-state index contributed by atoms with van der Waals surface area (Å²) < 4.78 is 34.9. The first-order chi connectivity index (χ1) is 14.6. The van der Waals surface area contributed by atoms with E-state index >= 15 is 0 Å². The Bertz CT molecular complexity index is 798. The number of ether oxygens (including phenoxy) is 6. The predicted molar refractivity (Wildman–Crippen MR) is 101 cm³/mol. The quantitative estimate of drug-likeness (QED) is 0.487. The SMILES string of the molecule is COC(=O)CC1CC[C@@H]2O[C@H]3C(=O)[C@@]4(CCOCc5ccccc5)O[C@@H]([C@H]2O1)[C@@H]3O4. The van der Waals surface area contributed by atoms with Crippen molar-refractivity contribution in [3.05, 3.63) is 35.9 Å². The number of carbonyl (C=O) groups is 2. The number of hydrogen-bond acceptors (Lipinski definition) is 8. The molecular formula is C22H26O8. The Morgan fingerprint density at radius 2 is 1.90 bits per heavy atom. The molecule has 0 spiro atoms. The summed E-state index contributed by atoms with van der Waals surface area (Å²) in [5, 5.41) is 0. The minimum atomic E-state index is -1.33. The fourth-order valence-corrected chi connectivity index (χ4v) is 4.86. The Labute approximate surface area is 174 Å². The summed E-state index contributed by atoms with van der Waals surface area (Å²) in [6.07, 6.45) is -0.470. The van der Waals surface area contributed by atoms with Crippen LogP contribution in [0, 0.1) is 0 Å². The van der Waals surface area contributed by atoms with Crippen molar-refractivity contribution in [3.8, 4) is 0 Å². The second-order valence-electron chi connectivity index (χ2n) is 8.25. The van der Waals surface area contributed by atoms with E-state index in [9.17, 15) is 9.59 Å². The molecule has 4 fully saturated rings. The average Bonchev–Trinajstić information content (AvgIpc) is 3.29. The molecule has 1 aromatic carbocycles. The summed E-state index contributed by atoms with van der Waals surface area (Å²) in [5.74, 6) is -1.80. The fraction of sp³-hybridized carbons (Fsp3) is 0.636. The Balaban J connectivity index is 1.21. The second-order valence-corrected chi connectivity index (χ2v) is 8.25. The van der Waals surface area contributed by atoms with Gasteiger partial charge in [-0.3, -0.25) is 9.59 Å². The van der Waals surface area contributed by atoms with Crippen molar-refractivity contribution in [2.45, 2.75) is 74.7 Å². The number of Topliss-reactive ketones (excluding diaryl/α,β-unsaturated/α-hetero) is 1. The zero-order valence-corrected chi connectivity index (χ0v) is 16.9. The highest BCUT2D eigenvalue weighted by molar-refractivity contribution is 5.93. The van der Waals surface area contributed by atoms with Gasteiger partial charge < -0.3 is 28.4 Å². The summed E-state index contributed by atoms with van der Waals surface area (Å²) in [4.78, 5) is 24.6. The van der Waals surface area contributed by atoms with Crippen LogP contribution in [-0.2, 0) is 44.6 Å².